The predicted octanol–water partition coefficient (Wildman–Crippen LogP) is 2.62. The summed E-state index contributed by atoms with van der Waals surface area (Å²) >= 11 is 0.851. The van der Waals surface area contributed by atoms with Crippen LogP contribution in [0.5, 0.6) is 0 Å². The number of alkyl halides is 3. The number of nitrogens with zero attached hydrogens (tertiary/aromatic N) is 3. The molecule has 1 saturated heterocycles. The molecular formula is C19H25F3N4O3S2. The summed E-state index contributed by atoms with van der Waals surface area (Å²) in [5, 5.41) is 3.39. The number of pyridine rings is 1. The first-order valence-electron chi connectivity index (χ1n) is 9.84. The average Bonchev–Trinajstić information content (AvgIpc) is 3.14. The van der Waals surface area contributed by atoms with Gasteiger partial charge >= 0.3 is 6.18 Å². The van der Waals surface area contributed by atoms with Crippen molar-refractivity contribution in [2.75, 3.05) is 50.4 Å². The molecule has 0 bridgehead atoms. The fourth-order valence-corrected chi connectivity index (χ4v) is 5.36. The van der Waals surface area contributed by atoms with Crippen molar-refractivity contribution in [2.45, 2.75) is 25.3 Å². The van der Waals surface area contributed by atoms with Crippen LogP contribution in [-0.4, -0.2) is 75.0 Å². The maximum Gasteiger partial charge on any atom is 0.417 e. The number of hydrogen-bond acceptors (Lipinski definition) is 7. The topological polar surface area (TPSA) is 82.6 Å². The number of anilines is 1. The molecule has 7 nitrogen and oxygen atoms in total. The molecule has 0 aliphatic carbocycles. The van der Waals surface area contributed by atoms with E-state index < -0.39 is 32.7 Å². The second-order valence-electron chi connectivity index (χ2n) is 7.68. The Hall–Kier alpha value is -1.92. The maximum absolute atomic E-state index is 13.7. The molecule has 3 heterocycles. The van der Waals surface area contributed by atoms with E-state index in [1.165, 1.54) is 12.4 Å². The molecule has 2 aromatic rings. The number of sulfone groups is 1. The van der Waals surface area contributed by atoms with Crippen molar-refractivity contribution in [3.8, 4) is 0 Å². The number of halogens is 3. The molecule has 1 aliphatic heterocycles. The number of carbonyl (C=O) groups excluding carboxylic acids is 1. The van der Waals surface area contributed by atoms with E-state index >= 15 is 0 Å². The summed E-state index contributed by atoms with van der Waals surface area (Å²) in [4.78, 5) is 20.2. The lowest BCUT2D eigenvalue weighted by molar-refractivity contribution is -0.136. The zero-order valence-corrected chi connectivity index (χ0v) is 19.1. The van der Waals surface area contributed by atoms with E-state index in [1.54, 1.807) is 18.7 Å². The fourth-order valence-electron chi connectivity index (χ4n) is 3.36. The number of amides is 1. The van der Waals surface area contributed by atoms with Crippen molar-refractivity contribution in [1.82, 2.24) is 15.2 Å². The lowest BCUT2D eigenvalue weighted by Gasteiger charge is -2.35. The smallest absolute Gasteiger partial charge is 0.355 e. The molecule has 0 radical (unpaired) electrons. The van der Waals surface area contributed by atoms with Gasteiger partial charge in [-0.3, -0.25) is 9.69 Å². The third-order valence-corrected chi connectivity index (χ3v) is 8.58. The molecule has 2 aromatic heterocycles. The maximum atomic E-state index is 13.7. The molecule has 0 spiro atoms. The minimum absolute atomic E-state index is 0.0413. The predicted molar refractivity (Wildman–Crippen MR) is 116 cm³/mol. The molecule has 1 amide bonds. The van der Waals surface area contributed by atoms with Gasteiger partial charge in [0, 0.05) is 45.2 Å². The zero-order valence-electron chi connectivity index (χ0n) is 17.5. The molecule has 172 valence electrons. The summed E-state index contributed by atoms with van der Waals surface area (Å²) < 4.78 is 65.0. The van der Waals surface area contributed by atoms with E-state index in [-0.39, 0.29) is 27.4 Å². The van der Waals surface area contributed by atoms with Crippen LogP contribution in [0.4, 0.5) is 19.0 Å². The number of aromatic nitrogens is 1. The summed E-state index contributed by atoms with van der Waals surface area (Å²) in [6.07, 6.45) is -4.58. The highest BCUT2D eigenvalue weighted by Gasteiger charge is 2.36. The van der Waals surface area contributed by atoms with E-state index in [0.717, 1.165) is 17.4 Å². The molecule has 31 heavy (non-hydrogen) atoms. The Balaban J connectivity index is 1.83. The number of fused-ring (bicyclic) bond motifs is 1. The van der Waals surface area contributed by atoms with Gasteiger partial charge in [0.1, 0.15) is 5.82 Å². The van der Waals surface area contributed by atoms with Gasteiger partial charge in [-0.1, -0.05) is 0 Å². The zero-order chi connectivity index (χ0) is 23.0. The van der Waals surface area contributed by atoms with Gasteiger partial charge in [0.2, 0.25) is 0 Å². The standard InChI is InChI=1S/C19H25F3N4O3S2/c1-12(2)31(28,29)9-8-25-4-6-26(7-5-25)15-10-14(19(20,21)22)17-16(24-15)13(11-30-17)18(27)23-3/h10-12H,4-9H2,1-3H3,(H,23,27). The Bertz CT molecular complexity index is 1060. The van der Waals surface area contributed by atoms with Crippen LogP contribution in [0.1, 0.15) is 29.8 Å². The minimum Gasteiger partial charge on any atom is -0.355 e. The Labute approximate surface area is 183 Å². The number of carbonyl (C=O) groups is 1. The van der Waals surface area contributed by atoms with Crippen LogP contribution in [0.2, 0.25) is 0 Å². The van der Waals surface area contributed by atoms with Crippen molar-refractivity contribution in [2.24, 2.45) is 0 Å². The highest BCUT2D eigenvalue weighted by molar-refractivity contribution is 7.92. The Kier molecular flexibility index (Phi) is 6.82. The van der Waals surface area contributed by atoms with Crippen LogP contribution < -0.4 is 10.2 Å². The summed E-state index contributed by atoms with van der Waals surface area (Å²) in [5.41, 5.74) is -0.648. The molecule has 0 unspecified atom stereocenters. The van der Waals surface area contributed by atoms with E-state index in [0.29, 0.717) is 32.7 Å². The van der Waals surface area contributed by atoms with Crippen LogP contribution in [0.3, 0.4) is 0 Å². The van der Waals surface area contributed by atoms with Crippen molar-refractivity contribution in [3.63, 3.8) is 0 Å². The average molecular weight is 479 g/mol. The van der Waals surface area contributed by atoms with Crippen LogP contribution in [0, 0.1) is 0 Å². The number of hydrogen-bond donors (Lipinski definition) is 1. The van der Waals surface area contributed by atoms with Crippen molar-refractivity contribution < 1.29 is 26.4 Å². The second kappa shape index (κ2) is 8.91. The van der Waals surface area contributed by atoms with E-state index in [4.69, 9.17) is 0 Å². The number of nitrogens with one attached hydrogen (secondary N) is 1. The summed E-state index contributed by atoms with van der Waals surface area (Å²) in [7, 11) is -1.73. The van der Waals surface area contributed by atoms with Gasteiger partial charge < -0.3 is 10.2 Å². The Morgan fingerprint density at radius 1 is 1.26 bits per heavy atom. The van der Waals surface area contributed by atoms with Gasteiger partial charge in [-0.25, -0.2) is 13.4 Å². The van der Waals surface area contributed by atoms with Gasteiger partial charge in [0.15, 0.2) is 9.84 Å². The fraction of sp³-hybridized carbons (Fsp3) is 0.579. The minimum atomic E-state index is -4.58. The molecule has 0 aromatic carbocycles. The van der Waals surface area contributed by atoms with E-state index in [1.807, 2.05) is 4.90 Å². The van der Waals surface area contributed by atoms with Crippen LogP contribution in [-0.2, 0) is 16.0 Å². The van der Waals surface area contributed by atoms with Crippen molar-refractivity contribution in [1.29, 1.82) is 0 Å². The summed E-state index contributed by atoms with van der Waals surface area (Å²) in [6.45, 7) is 5.53. The highest BCUT2D eigenvalue weighted by Crippen LogP contribution is 2.40. The SMILES string of the molecule is CNC(=O)c1csc2c(C(F)(F)F)cc(N3CCN(CCS(=O)(=O)C(C)C)CC3)nc12. The normalized spacial score (nSPS) is 16.3. The van der Waals surface area contributed by atoms with Crippen molar-refractivity contribution in [3.05, 3.63) is 22.6 Å². The van der Waals surface area contributed by atoms with Gasteiger partial charge in [-0.05, 0) is 19.9 Å². The van der Waals surface area contributed by atoms with E-state index in [2.05, 4.69) is 10.3 Å². The summed E-state index contributed by atoms with van der Waals surface area (Å²) in [5.74, 6) is -0.268. The third kappa shape index (κ3) is 5.12. The first-order chi connectivity index (χ1) is 14.4. The lowest BCUT2D eigenvalue weighted by Crippen LogP contribution is -2.48. The van der Waals surface area contributed by atoms with E-state index in [9.17, 15) is 26.4 Å². The molecule has 1 aliphatic rings. The lowest BCUT2D eigenvalue weighted by atomic mass is 10.1. The van der Waals surface area contributed by atoms with Gasteiger partial charge in [0.05, 0.1) is 32.3 Å². The molecule has 12 heteroatoms. The second-order valence-corrected chi connectivity index (χ2v) is 11.2. The summed E-state index contributed by atoms with van der Waals surface area (Å²) in [6, 6.07) is 1.03. The van der Waals surface area contributed by atoms with Crippen LogP contribution in [0.15, 0.2) is 11.4 Å². The van der Waals surface area contributed by atoms with Crippen LogP contribution in [0.25, 0.3) is 10.2 Å². The molecule has 0 saturated carbocycles. The highest BCUT2D eigenvalue weighted by atomic mass is 32.2. The monoisotopic (exact) mass is 478 g/mol. The van der Waals surface area contributed by atoms with Gasteiger partial charge in [-0.15, -0.1) is 11.3 Å². The third-order valence-electron chi connectivity index (χ3n) is 5.39. The molecular weight excluding hydrogens is 453 g/mol. The molecule has 3 rings (SSSR count). The number of piperazine rings is 1. The number of rotatable bonds is 6. The molecule has 1 N–H and O–H groups in total. The number of thiophene rings is 1. The van der Waals surface area contributed by atoms with Gasteiger partial charge in [0.25, 0.3) is 5.91 Å². The molecule has 1 fully saturated rings. The largest absolute Gasteiger partial charge is 0.417 e. The Morgan fingerprint density at radius 3 is 2.45 bits per heavy atom. The van der Waals surface area contributed by atoms with Gasteiger partial charge in [-0.2, -0.15) is 13.2 Å². The van der Waals surface area contributed by atoms with Crippen molar-refractivity contribution >= 4 is 43.1 Å². The quantitative estimate of drug-likeness (QED) is 0.688. The molecule has 0 atom stereocenters. The first kappa shape index (κ1) is 23.7. The van der Waals surface area contributed by atoms with Crippen LogP contribution >= 0.6 is 11.3 Å². The first-order valence-corrected chi connectivity index (χ1v) is 12.4. The Morgan fingerprint density at radius 2 is 1.90 bits per heavy atom.